The van der Waals surface area contributed by atoms with Gasteiger partial charge in [0.2, 0.25) is 0 Å². The summed E-state index contributed by atoms with van der Waals surface area (Å²) in [5.74, 6) is 0.864. The van der Waals surface area contributed by atoms with E-state index < -0.39 is 0 Å². The quantitative estimate of drug-likeness (QED) is 0.720. The highest BCUT2D eigenvalue weighted by Gasteiger charge is 2.31. The van der Waals surface area contributed by atoms with E-state index in [0.717, 1.165) is 31.2 Å². The van der Waals surface area contributed by atoms with Crippen molar-refractivity contribution in [1.29, 1.82) is 0 Å². The standard InChI is InChI=1S/C18H20N6O2/c1-23-12-13(11-20-23)17-21-16(22-26-17)15-8-3-2-6-10-24(15)18(25)14-7-4-5-9-19-14/h4-5,7,9,11-12,15H,2-3,6,8,10H2,1H3/t15-/m1/s1. The fourth-order valence-electron chi connectivity index (χ4n) is 3.28. The molecule has 26 heavy (non-hydrogen) atoms. The van der Waals surface area contributed by atoms with E-state index in [1.807, 2.05) is 24.2 Å². The largest absolute Gasteiger partial charge is 0.334 e. The van der Waals surface area contributed by atoms with Gasteiger partial charge in [-0.1, -0.05) is 24.1 Å². The Bertz CT molecular complexity index is 888. The van der Waals surface area contributed by atoms with Crippen molar-refractivity contribution in [1.82, 2.24) is 29.8 Å². The number of hydrogen-bond acceptors (Lipinski definition) is 6. The average Bonchev–Trinajstić information content (AvgIpc) is 3.25. The van der Waals surface area contributed by atoms with Crippen molar-refractivity contribution in [3.8, 4) is 11.5 Å². The Hall–Kier alpha value is -3.03. The first-order chi connectivity index (χ1) is 12.7. The molecule has 4 rings (SSSR count). The number of rotatable bonds is 3. The molecular weight excluding hydrogens is 332 g/mol. The lowest BCUT2D eigenvalue weighted by molar-refractivity contribution is 0.0664. The van der Waals surface area contributed by atoms with Crippen LogP contribution in [0.2, 0.25) is 0 Å². The Labute approximate surface area is 150 Å². The van der Waals surface area contributed by atoms with Crippen LogP contribution in [0.5, 0.6) is 0 Å². The van der Waals surface area contributed by atoms with Gasteiger partial charge in [-0.05, 0) is 25.0 Å². The van der Waals surface area contributed by atoms with Crippen LogP contribution >= 0.6 is 0 Å². The van der Waals surface area contributed by atoms with Crippen molar-refractivity contribution in [2.75, 3.05) is 6.54 Å². The predicted molar refractivity (Wildman–Crippen MR) is 93.0 cm³/mol. The molecule has 0 spiro atoms. The van der Waals surface area contributed by atoms with E-state index >= 15 is 0 Å². The summed E-state index contributed by atoms with van der Waals surface area (Å²) < 4.78 is 7.11. The van der Waals surface area contributed by atoms with Crippen molar-refractivity contribution in [2.24, 2.45) is 7.05 Å². The Morgan fingerprint density at radius 3 is 2.96 bits per heavy atom. The van der Waals surface area contributed by atoms with Crippen LogP contribution in [0.25, 0.3) is 11.5 Å². The van der Waals surface area contributed by atoms with Gasteiger partial charge in [0.25, 0.3) is 11.8 Å². The number of hydrogen-bond donors (Lipinski definition) is 0. The number of aryl methyl sites for hydroxylation is 1. The fourth-order valence-corrected chi connectivity index (χ4v) is 3.28. The topological polar surface area (TPSA) is 89.9 Å². The van der Waals surface area contributed by atoms with Crippen LogP contribution in [0.3, 0.4) is 0 Å². The molecule has 1 saturated heterocycles. The van der Waals surface area contributed by atoms with E-state index in [4.69, 9.17) is 4.52 Å². The SMILES string of the molecule is Cn1cc(-c2nc([C@H]3CCCCCN3C(=O)c3ccccn3)no2)cn1. The van der Waals surface area contributed by atoms with E-state index in [0.29, 0.717) is 24.0 Å². The van der Waals surface area contributed by atoms with Crippen LogP contribution in [0.4, 0.5) is 0 Å². The maximum absolute atomic E-state index is 13.0. The lowest BCUT2D eigenvalue weighted by Crippen LogP contribution is -2.35. The monoisotopic (exact) mass is 352 g/mol. The molecule has 0 bridgehead atoms. The Balaban J connectivity index is 1.64. The van der Waals surface area contributed by atoms with E-state index in [9.17, 15) is 4.79 Å². The molecule has 1 aliphatic rings. The van der Waals surface area contributed by atoms with E-state index in [-0.39, 0.29) is 11.9 Å². The second kappa shape index (κ2) is 7.07. The third-order valence-electron chi connectivity index (χ3n) is 4.59. The number of carbonyl (C=O) groups excluding carboxylic acids is 1. The maximum Gasteiger partial charge on any atom is 0.273 e. The van der Waals surface area contributed by atoms with E-state index in [1.54, 1.807) is 29.2 Å². The molecule has 3 aromatic heterocycles. The molecule has 3 aromatic rings. The first-order valence-corrected chi connectivity index (χ1v) is 8.77. The number of pyridine rings is 1. The summed E-state index contributed by atoms with van der Waals surface area (Å²) in [5, 5.41) is 8.28. The molecule has 0 unspecified atom stereocenters. The lowest BCUT2D eigenvalue weighted by atomic mass is 10.1. The molecule has 1 amide bonds. The zero-order valence-corrected chi connectivity index (χ0v) is 14.6. The summed E-state index contributed by atoms with van der Waals surface area (Å²) in [6.07, 6.45) is 9.01. The Morgan fingerprint density at radius 1 is 1.27 bits per heavy atom. The zero-order chi connectivity index (χ0) is 17.9. The van der Waals surface area contributed by atoms with Crippen molar-refractivity contribution in [3.63, 3.8) is 0 Å². The van der Waals surface area contributed by atoms with Crippen molar-refractivity contribution in [2.45, 2.75) is 31.7 Å². The van der Waals surface area contributed by atoms with Crippen LogP contribution in [0, 0.1) is 0 Å². The van der Waals surface area contributed by atoms with Crippen molar-refractivity contribution >= 4 is 5.91 Å². The number of nitrogens with zero attached hydrogens (tertiary/aromatic N) is 6. The van der Waals surface area contributed by atoms with Gasteiger partial charge in [-0.25, -0.2) is 0 Å². The summed E-state index contributed by atoms with van der Waals surface area (Å²) in [6.45, 7) is 0.664. The van der Waals surface area contributed by atoms with Gasteiger partial charge in [0.1, 0.15) is 5.69 Å². The Kier molecular flexibility index (Phi) is 4.47. The Morgan fingerprint density at radius 2 is 2.19 bits per heavy atom. The van der Waals surface area contributed by atoms with Gasteiger partial charge in [-0.3, -0.25) is 14.5 Å². The number of aromatic nitrogens is 5. The summed E-state index contributed by atoms with van der Waals surface area (Å²) in [4.78, 5) is 23.5. The third kappa shape index (κ3) is 3.22. The molecule has 0 aliphatic carbocycles. The second-order valence-electron chi connectivity index (χ2n) is 6.44. The molecule has 134 valence electrons. The number of amides is 1. The highest BCUT2D eigenvalue weighted by Crippen LogP contribution is 2.30. The van der Waals surface area contributed by atoms with Gasteiger partial charge >= 0.3 is 0 Å². The summed E-state index contributed by atoms with van der Waals surface area (Å²) >= 11 is 0. The first kappa shape index (κ1) is 16.4. The molecule has 0 radical (unpaired) electrons. The highest BCUT2D eigenvalue weighted by atomic mass is 16.5. The summed E-state index contributed by atoms with van der Waals surface area (Å²) in [6, 6.07) is 5.15. The molecule has 1 atom stereocenters. The minimum Gasteiger partial charge on any atom is -0.334 e. The molecular formula is C18H20N6O2. The smallest absolute Gasteiger partial charge is 0.273 e. The molecule has 0 N–H and O–H groups in total. The highest BCUT2D eigenvalue weighted by molar-refractivity contribution is 5.92. The molecule has 1 fully saturated rings. The maximum atomic E-state index is 13.0. The first-order valence-electron chi connectivity index (χ1n) is 8.77. The molecule has 8 heteroatoms. The van der Waals surface area contributed by atoms with Gasteiger partial charge in [-0.2, -0.15) is 10.1 Å². The summed E-state index contributed by atoms with van der Waals surface area (Å²) in [5.41, 5.74) is 1.21. The van der Waals surface area contributed by atoms with Crippen LogP contribution in [0.15, 0.2) is 41.3 Å². The van der Waals surface area contributed by atoms with Crippen molar-refractivity contribution < 1.29 is 9.32 Å². The lowest BCUT2D eigenvalue weighted by Gasteiger charge is -2.27. The number of likely N-dealkylation sites (tertiary alicyclic amines) is 1. The predicted octanol–water partition coefficient (Wildman–Crippen LogP) is 2.62. The molecule has 0 saturated carbocycles. The van der Waals surface area contributed by atoms with Gasteiger partial charge in [-0.15, -0.1) is 0 Å². The van der Waals surface area contributed by atoms with Crippen LogP contribution in [-0.4, -0.2) is 42.3 Å². The molecule has 1 aliphatic heterocycles. The van der Waals surface area contributed by atoms with E-state index in [1.165, 1.54) is 0 Å². The molecule has 0 aromatic carbocycles. The zero-order valence-electron chi connectivity index (χ0n) is 14.6. The van der Waals surface area contributed by atoms with Crippen LogP contribution in [-0.2, 0) is 7.05 Å². The van der Waals surface area contributed by atoms with E-state index in [2.05, 4.69) is 20.2 Å². The number of carbonyl (C=O) groups is 1. The van der Waals surface area contributed by atoms with Crippen molar-refractivity contribution in [3.05, 3.63) is 48.3 Å². The van der Waals surface area contributed by atoms with Gasteiger partial charge < -0.3 is 9.42 Å². The minimum absolute atomic E-state index is 0.0924. The normalized spacial score (nSPS) is 17.9. The fraction of sp³-hybridized carbons (Fsp3) is 0.389. The third-order valence-corrected chi connectivity index (χ3v) is 4.59. The van der Waals surface area contributed by atoms with Gasteiger partial charge in [0.05, 0.1) is 17.8 Å². The van der Waals surface area contributed by atoms with Crippen LogP contribution < -0.4 is 0 Å². The summed E-state index contributed by atoms with van der Waals surface area (Å²) in [7, 11) is 1.83. The van der Waals surface area contributed by atoms with Crippen LogP contribution in [0.1, 0.15) is 48.0 Å². The molecule has 4 heterocycles. The van der Waals surface area contributed by atoms with Gasteiger partial charge in [0.15, 0.2) is 5.82 Å². The molecule has 8 nitrogen and oxygen atoms in total. The second-order valence-corrected chi connectivity index (χ2v) is 6.44. The minimum atomic E-state index is -0.207. The average molecular weight is 352 g/mol. The van der Waals surface area contributed by atoms with Gasteiger partial charge in [0, 0.05) is 26.0 Å².